The molecule has 23 heavy (non-hydrogen) atoms. The fourth-order valence-corrected chi connectivity index (χ4v) is 4.54. The minimum atomic E-state index is -0.409. The maximum atomic E-state index is 12.2. The molecule has 0 bridgehead atoms. The molecule has 1 atom stereocenters. The lowest BCUT2D eigenvalue weighted by Crippen LogP contribution is -2.22. The quantitative estimate of drug-likeness (QED) is 0.707. The number of halogens is 1. The SMILES string of the molecule is C[C@@H](Sc1nnc(SCC(N)=O)s1)C(=O)Nc1cccc(Cl)c1. The molecule has 2 amide bonds. The number of nitrogens with zero attached hydrogens (tertiary/aromatic N) is 2. The topological polar surface area (TPSA) is 98.0 Å². The highest BCUT2D eigenvalue weighted by atomic mass is 35.5. The molecule has 0 aliphatic rings. The standard InChI is InChI=1S/C13H13ClN4O2S3/c1-7(11(20)16-9-4-2-3-8(14)5-9)22-13-18-17-12(23-13)21-6-10(15)19/h2-5,7H,6H2,1H3,(H2,15,19)(H,16,20)/t7-/m1/s1. The monoisotopic (exact) mass is 388 g/mol. The van der Waals surface area contributed by atoms with E-state index in [0.29, 0.717) is 19.4 Å². The molecule has 1 aromatic carbocycles. The highest BCUT2D eigenvalue weighted by Gasteiger charge is 2.17. The number of nitrogens with one attached hydrogen (secondary N) is 1. The van der Waals surface area contributed by atoms with E-state index in [1.807, 2.05) is 0 Å². The lowest BCUT2D eigenvalue weighted by Gasteiger charge is -2.10. The summed E-state index contributed by atoms with van der Waals surface area (Å²) >= 11 is 9.74. The summed E-state index contributed by atoms with van der Waals surface area (Å²) < 4.78 is 1.31. The molecule has 0 fully saturated rings. The summed E-state index contributed by atoms with van der Waals surface area (Å²) in [6, 6.07) is 6.95. The first-order chi connectivity index (χ1) is 10.9. The van der Waals surface area contributed by atoms with Gasteiger partial charge in [-0.05, 0) is 25.1 Å². The molecular formula is C13H13ClN4O2S3. The first kappa shape index (κ1) is 18.1. The number of rotatable bonds is 7. The molecule has 10 heteroatoms. The third-order valence-corrected chi connectivity index (χ3v) is 5.96. The molecule has 2 aromatic rings. The Morgan fingerprint density at radius 3 is 2.83 bits per heavy atom. The summed E-state index contributed by atoms with van der Waals surface area (Å²) in [5.41, 5.74) is 5.72. The number of aromatic nitrogens is 2. The van der Waals surface area contributed by atoms with Gasteiger partial charge in [0.2, 0.25) is 11.8 Å². The summed E-state index contributed by atoms with van der Waals surface area (Å²) in [4.78, 5) is 22.9. The summed E-state index contributed by atoms with van der Waals surface area (Å²) in [6.45, 7) is 1.78. The van der Waals surface area contributed by atoms with Gasteiger partial charge in [0.15, 0.2) is 8.68 Å². The summed E-state index contributed by atoms with van der Waals surface area (Å²) in [6.07, 6.45) is 0. The highest BCUT2D eigenvalue weighted by Crippen LogP contribution is 2.31. The van der Waals surface area contributed by atoms with Crippen LogP contribution in [0.4, 0.5) is 5.69 Å². The zero-order chi connectivity index (χ0) is 16.8. The number of benzene rings is 1. The first-order valence-corrected chi connectivity index (χ1v) is 9.47. The largest absolute Gasteiger partial charge is 0.369 e. The van der Waals surface area contributed by atoms with E-state index in [9.17, 15) is 9.59 Å². The van der Waals surface area contributed by atoms with E-state index in [1.54, 1.807) is 31.2 Å². The van der Waals surface area contributed by atoms with Crippen molar-refractivity contribution in [3.8, 4) is 0 Å². The minimum absolute atomic E-state index is 0.154. The molecule has 0 radical (unpaired) electrons. The van der Waals surface area contributed by atoms with E-state index in [4.69, 9.17) is 17.3 Å². The van der Waals surface area contributed by atoms with Crippen LogP contribution >= 0.6 is 46.5 Å². The molecule has 0 saturated heterocycles. The van der Waals surface area contributed by atoms with E-state index >= 15 is 0 Å². The molecule has 1 heterocycles. The van der Waals surface area contributed by atoms with Gasteiger partial charge in [-0.15, -0.1) is 10.2 Å². The molecule has 0 spiro atoms. The molecule has 0 aliphatic heterocycles. The molecule has 3 N–H and O–H groups in total. The van der Waals surface area contributed by atoms with Gasteiger partial charge in [-0.1, -0.05) is 52.5 Å². The molecule has 1 aromatic heterocycles. The third-order valence-electron chi connectivity index (χ3n) is 2.46. The van der Waals surface area contributed by atoms with Gasteiger partial charge in [0.05, 0.1) is 11.0 Å². The molecule has 0 saturated carbocycles. The minimum Gasteiger partial charge on any atom is -0.369 e. The van der Waals surface area contributed by atoms with Crippen molar-refractivity contribution in [2.75, 3.05) is 11.1 Å². The fourth-order valence-electron chi connectivity index (χ4n) is 1.45. The number of hydrogen-bond acceptors (Lipinski definition) is 7. The van der Waals surface area contributed by atoms with E-state index < -0.39 is 5.91 Å². The average Bonchev–Trinajstić information content (AvgIpc) is 2.92. The van der Waals surface area contributed by atoms with Crippen LogP contribution in [0.1, 0.15) is 6.92 Å². The normalized spacial score (nSPS) is 11.9. The van der Waals surface area contributed by atoms with Gasteiger partial charge in [-0.2, -0.15) is 0 Å². The van der Waals surface area contributed by atoms with Crippen LogP contribution in [0.15, 0.2) is 32.9 Å². The molecule has 0 aliphatic carbocycles. The second-order valence-electron chi connectivity index (χ2n) is 4.35. The first-order valence-electron chi connectivity index (χ1n) is 6.41. The van der Waals surface area contributed by atoms with Gasteiger partial charge in [0.1, 0.15) is 0 Å². The Hall–Kier alpha value is -1.29. The fraction of sp³-hybridized carbons (Fsp3) is 0.231. The Morgan fingerprint density at radius 1 is 1.39 bits per heavy atom. The van der Waals surface area contributed by atoms with Gasteiger partial charge < -0.3 is 11.1 Å². The molecule has 2 rings (SSSR count). The van der Waals surface area contributed by atoms with Crippen molar-refractivity contribution in [2.45, 2.75) is 20.9 Å². The van der Waals surface area contributed by atoms with Crippen LogP contribution in [0.25, 0.3) is 0 Å². The maximum Gasteiger partial charge on any atom is 0.237 e. The van der Waals surface area contributed by atoms with Crippen LogP contribution < -0.4 is 11.1 Å². The van der Waals surface area contributed by atoms with Gasteiger partial charge >= 0.3 is 0 Å². The van der Waals surface area contributed by atoms with Crippen molar-refractivity contribution in [1.82, 2.24) is 10.2 Å². The Kier molecular flexibility index (Phi) is 6.70. The van der Waals surface area contributed by atoms with Crippen LogP contribution in [0.5, 0.6) is 0 Å². The predicted octanol–water partition coefficient (Wildman–Crippen LogP) is 2.89. The number of carbonyl (C=O) groups excluding carboxylic acids is 2. The van der Waals surface area contributed by atoms with Gasteiger partial charge in [-0.25, -0.2) is 0 Å². The van der Waals surface area contributed by atoms with Crippen LogP contribution in [0.3, 0.4) is 0 Å². The number of amides is 2. The average molecular weight is 389 g/mol. The maximum absolute atomic E-state index is 12.2. The summed E-state index contributed by atoms with van der Waals surface area (Å²) in [7, 11) is 0. The smallest absolute Gasteiger partial charge is 0.237 e. The Labute approximate surface area is 150 Å². The second-order valence-corrected chi connectivity index (χ2v) is 8.57. The Balaban J connectivity index is 1.89. The lowest BCUT2D eigenvalue weighted by atomic mass is 10.3. The van der Waals surface area contributed by atoms with E-state index in [1.165, 1.54) is 34.9 Å². The summed E-state index contributed by atoms with van der Waals surface area (Å²) in [5.74, 6) is -0.406. The summed E-state index contributed by atoms with van der Waals surface area (Å²) in [5, 5.41) is 10.9. The van der Waals surface area contributed by atoms with Crippen molar-refractivity contribution in [2.24, 2.45) is 5.73 Å². The van der Waals surface area contributed by atoms with E-state index in [-0.39, 0.29) is 16.9 Å². The van der Waals surface area contributed by atoms with Crippen molar-refractivity contribution >= 4 is 64.0 Å². The Bertz CT molecular complexity index is 710. The van der Waals surface area contributed by atoms with Crippen molar-refractivity contribution in [3.63, 3.8) is 0 Å². The number of anilines is 1. The van der Waals surface area contributed by atoms with Gasteiger partial charge in [0.25, 0.3) is 0 Å². The van der Waals surface area contributed by atoms with Gasteiger partial charge in [0, 0.05) is 10.7 Å². The predicted molar refractivity (Wildman–Crippen MR) is 95.2 cm³/mol. The second kappa shape index (κ2) is 8.53. The third kappa shape index (κ3) is 6.02. The van der Waals surface area contributed by atoms with Crippen LogP contribution in [0.2, 0.25) is 5.02 Å². The number of carbonyl (C=O) groups is 2. The number of thioether (sulfide) groups is 2. The number of hydrogen-bond donors (Lipinski definition) is 2. The van der Waals surface area contributed by atoms with Gasteiger partial charge in [-0.3, -0.25) is 9.59 Å². The van der Waals surface area contributed by atoms with E-state index in [0.717, 1.165) is 0 Å². The van der Waals surface area contributed by atoms with Crippen LogP contribution in [0, 0.1) is 0 Å². The van der Waals surface area contributed by atoms with Crippen LogP contribution in [-0.2, 0) is 9.59 Å². The number of nitrogens with two attached hydrogens (primary N) is 1. The molecule has 6 nitrogen and oxygen atoms in total. The van der Waals surface area contributed by atoms with Crippen molar-refractivity contribution < 1.29 is 9.59 Å². The van der Waals surface area contributed by atoms with Crippen molar-refractivity contribution in [3.05, 3.63) is 29.3 Å². The van der Waals surface area contributed by atoms with Crippen LogP contribution in [-0.4, -0.2) is 33.0 Å². The molecular weight excluding hydrogens is 376 g/mol. The highest BCUT2D eigenvalue weighted by molar-refractivity contribution is 8.04. The Morgan fingerprint density at radius 2 is 2.13 bits per heavy atom. The zero-order valence-corrected chi connectivity index (χ0v) is 15.2. The molecule has 0 unspecified atom stereocenters. The molecule has 122 valence electrons. The number of primary amides is 1. The lowest BCUT2D eigenvalue weighted by molar-refractivity contribution is -0.116. The van der Waals surface area contributed by atoms with Crippen molar-refractivity contribution in [1.29, 1.82) is 0 Å². The van der Waals surface area contributed by atoms with E-state index in [2.05, 4.69) is 15.5 Å². The zero-order valence-electron chi connectivity index (χ0n) is 12.0.